The molecule has 0 spiro atoms. The van der Waals surface area contributed by atoms with Crippen molar-refractivity contribution in [3.63, 3.8) is 0 Å². The second-order valence-corrected chi connectivity index (χ2v) is 5.55. The Morgan fingerprint density at radius 2 is 2.06 bits per heavy atom. The van der Waals surface area contributed by atoms with Crippen LogP contribution in [0.15, 0.2) is 0 Å². The summed E-state index contributed by atoms with van der Waals surface area (Å²) in [6.45, 7) is 5.62. The van der Waals surface area contributed by atoms with Gasteiger partial charge in [0.1, 0.15) is 11.6 Å². The van der Waals surface area contributed by atoms with Crippen LogP contribution >= 0.6 is 11.8 Å². The molecule has 0 aromatic carbocycles. The molecule has 0 heterocycles. The van der Waals surface area contributed by atoms with Gasteiger partial charge in [-0.25, -0.2) is 9.59 Å². The fourth-order valence-corrected chi connectivity index (χ4v) is 1.70. The van der Waals surface area contributed by atoms with E-state index in [2.05, 4.69) is 5.32 Å². The summed E-state index contributed by atoms with van der Waals surface area (Å²) >= 11 is 1.37. The van der Waals surface area contributed by atoms with Gasteiger partial charge in [0.25, 0.3) is 0 Å². The number of hydrogen-bond acceptors (Lipinski definition) is 5. The summed E-state index contributed by atoms with van der Waals surface area (Å²) in [7, 11) is 0. The van der Waals surface area contributed by atoms with Gasteiger partial charge in [-0.3, -0.25) is 0 Å². The number of thioether (sulfide) groups is 1. The number of carbonyl (C=O) groups is 2. The van der Waals surface area contributed by atoms with E-state index in [1.54, 1.807) is 20.8 Å². The van der Waals surface area contributed by atoms with Crippen LogP contribution in [0, 0.1) is 0 Å². The molecule has 0 saturated carbocycles. The van der Waals surface area contributed by atoms with Crippen molar-refractivity contribution >= 4 is 23.8 Å². The Hall–Kier alpha value is -0.950. The van der Waals surface area contributed by atoms with Crippen LogP contribution in [-0.2, 0) is 9.53 Å². The third-order valence-corrected chi connectivity index (χ3v) is 2.63. The van der Waals surface area contributed by atoms with E-state index in [4.69, 9.17) is 15.6 Å². The van der Waals surface area contributed by atoms with Gasteiger partial charge in [0.15, 0.2) is 0 Å². The molecule has 6 nitrogen and oxygen atoms in total. The van der Waals surface area contributed by atoms with E-state index in [1.807, 2.05) is 0 Å². The maximum atomic E-state index is 11.4. The molecule has 1 atom stereocenters. The highest BCUT2D eigenvalue weighted by Crippen LogP contribution is 2.08. The van der Waals surface area contributed by atoms with Crippen LogP contribution < -0.4 is 11.1 Å². The molecular weight excluding hydrogens is 244 g/mol. The summed E-state index contributed by atoms with van der Waals surface area (Å²) in [5.41, 5.74) is 4.65. The first kappa shape index (κ1) is 16.1. The van der Waals surface area contributed by atoms with Crippen molar-refractivity contribution in [3.8, 4) is 0 Å². The first-order valence-electron chi connectivity index (χ1n) is 5.26. The number of carbonyl (C=O) groups excluding carboxylic acids is 1. The maximum Gasteiger partial charge on any atom is 0.408 e. The van der Waals surface area contributed by atoms with Crippen LogP contribution in [0.3, 0.4) is 0 Å². The number of rotatable bonds is 6. The summed E-state index contributed by atoms with van der Waals surface area (Å²) in [6, 6.07) is -0.957. The number of nitrogens with one attached hydrogen (secondary N) is 1. The first-order valence-corrected chi connectivity index (χ1v) is 6.42. The maximum absolute atomic E-state index is 11.4. The molecule has 0 fully saturated rings. The van der Waals surface area contributed by atoms with Gasteiger partial charge in [-0.15, -0.1) is 0 Å². The third-order valence-electron chi connectivity index (χ3n) is 1.54. The minimum absolute atomic E-state index is 0.270. The molecule has 0 aliphatic carbocycles. The molecule has 17 heavy (non-hydrogen) atoms. The SMILES string of the molecule is CC(C)(C)OC(=O)NC(CSCCN)C(=O)O. The molecule has 4 N–H and O–H groups in total. The Labute approximate surface area is 105 Å². The molecule has 100 valence electrons. The predicted octanol–water partition coefficient (Wildman–Crippen LogP) is 0.656. The van der Waals surface area contributed by atoms with E-state index >= 15 is 0 Å². The van der Waals surface area contributed by atoms with Crippen LogP contribution in [-0.4, -0.2) is 46.9 Å². The van der Waals surface area contributed by atoms with Crippen molar-refractivity contribution in [1.29, 1.82) is 0 Å². The topological polar surface area (TPSA) is 102 Å². The fraction of sp³-hybridized carbons (Fsp3) is 0.800. The lowest BCUT2D eigenvalue weighted by atomic mass is 10.2. The van der Waals surface area contributed by atoms with Crippen LogP contribution in [0.1, 0.15) is 20.8 Å². The van der Waals surface area contributed by atoms with Gasteiger partial charge in [-0.2, -0.15) is 11.8 Å². The van der Waals surface area contributed by atoms with Crippen molar-refractivity contribution in [1.82, 2.24) is 5.32 Å². The van der Waals surface area contributed by atoms with Gasteiger partial charge in [0, 0.05) is 18.1 Å². The molecule has 0 radical (unpaired) electrons. The Balaban J connectivity index is 4.16. The molecule has 0 aliphatic rings. The highest BCUT2D eigenvalue weighted by Gasteiger charge is 2.23. The van der Waals surface area contributed by atoms with E-state index in [9.17, 15) is 9.59 Å². The Kier molecular flexibility index (Phi) is 6.98. The van der Waals surface area contributed by atoms with Gasteiger partial charge in [-0.05, 0) is 20.8 Å². The Bertz CT molecular complexity index is 266. The summed E-state index contributed by atoms with van der Waals surface area (Å²) in [6.07, 6.45) is -0.724. The average molecular weight is 264 g/mol. The molecule has 0 aromatic rings. The van der Waals surface area contributed by atoms with E-state index in [0.29, 0.717) is 12.3 Å². The highest BCUT2D eigenvalue weighted by molar-refractivity contribution is 7.99. The van der Waals surface area contributed by atoms with E-state index in [-0.39, 0.29) is 5.75 Å². The van der Waals surface area contributed by atoms with Gasteiger partial charge >= 0.3 is 12.1 Å². The molecule has 0 aliphatic heterocycles. The second-order valence-electron chi connectivity index (χ2n) is 4.40. The zero-order valence-electron chi connectivity index (χ0n) is 10.4. The summed E-state index contributed by atoms with van der Waals surface area (Å²) in [4.78, 5) is 22.3. The standard InChI is InChI=1S/C10H20N2O4S/c1-10(2,3)16-9(15)12-7(8(13)14)6-17-5-4-11/h7H,4-6,11H2,1-3H3,(H,12,15)(H,13,14). The minimum atomic E-state index is -1.08. The molecule has 0 rings (SSSR count). The lowest BCUT2D eigenvalue weighted by Crippen LogP contribution is -2.45. The van der Waals surface area contributed by atoms with E-state index in [1.165, 1.54) is 11.8 Å². The summed E-state index contributed by atoms with van der Waals surface area (Å²) in [5.74, 6) is -0.161. The molecular formula is C10H20N2O4S. The number of nitrogens with two attached hydrogens (primary N) is 1. The van der Waals surface area contributed by atoms with Gasteiger partial charge < -0.3 is 20.9 Å². The quantitative estimate of drug-likeness (QED) is 0.609. The normalized spacial score (nSPS) is 12.9. The minimum Gasteiger partial charge on any atom is -0.480 e. The van der Waals surface area contributed by atoms with Crippen molar-refractivity contribution in [2.75, 3.05) is 18.1 Å². The van der Waals surface area contributed by atoms with Crippen LogP contribution in [0.25, 0.3) is 0 Å². The molecule has 0 aromatic heterocycles. The number of carboxylic acids is 1. The third kappa shape index (κ3) is 8.82. The smallest absolute Gasteiger partial charge is 0.408 e. The first-order chi connectivity index (χ1) is 7.76. The largest absolute Gasteiger partial charge is 0.480 e. The molecule has 7 heteroatoms. The predicted molar refractivity (Wildman–Crippen MR) is 67.2 cm³/mol. The van der Waals surface area contributed by atoms with E-state index < -0.39 is 23.7 Å². The van der Waals surface area contributed by atoms with Gasteiger partial charge in [0.05, 0.1) is 0 Å². The monoisotopic (exact) mass is 264 g/mol. The number of amides is 1. The molecule has 0 bridgehead atoms. The Morgan fingerprint density at radius 1 is 1.47 bits per heavy atom. The van der Waals surface area contributed by atoms with Crippen molar-refractivity contribution in [3.05, 3.63) is 0 Å². The number of ether oxygens (including phenoxy) is 1. The van der Waals surface area contributed by atoms with Crippen LogP contribution in [0.4, 0.5) is 4.79 Å². The number of hydrogen-bond donors (Lipinski definition) is 3. The average Bonchev–Trinajstić information content (AvgIpc) is 2.13. The molecule has 1 amide bonds. The molecule has 1 unspecified atom stereocenters. The summed E-state index contributed by atoms with van der Waals surface area (Å²) < 4.78 is 4.98. The zero-order valence-corrected chi connectivity index (χ0v) is 11.2. The Morgan fingerprint density at radius 3 is 2.47 bits per heavy atom. The van der Waals surface area contributed by atoms with Crippen molar-refractivity contribution in [2.45, 2.75) is 32.4 Å². The van der Waals surface area contributed by atoms with Crippen LogP contribution in [0.2, 0.25) is 0 Å². The lowest BCUT2D eigenvalue weighted by Gasteiger charge is -2.21. The highest BCUT2D eigenvalue weighted by atomic mass is 32.2. The van der Waals surface area contributed by atoms with Crippen molar-refractivity contribution < 1.29 is 19.4 Å². The lowest BCUT2D eigenvalue weighted by molar-refractivity contribution is -0.138. The summed E-state index contributed by atoms with van der Waals surface area (Å²) in [5, 5.41) is 11.2. The zero-order chi connectivity index (χ0) is 13.5. The molecule has 0 saturated heterocycles. The number of aliphatic carboxylic acids is 1. The van der Waals surface area contributed by atoms with Gasteiger partial charge in [0.2, 0.25) is 0 Å². The fourth-order valence-electron chi connectivity index (χ4n) is 0.909. The van der Waals surface area contributed by atoms with Crippen molar-refractivity contribution in [2.24, 2.45) is 5.73 Å². The van der Waals surface area contributed by atoms with Gasteiger partial charge in [-0.1, -0.05) is 0 Å². The number of alkyl carbamates (subject to hydrolysis) is 1. The second kappa shape index (κ2) is 7.39. The number of carboxylic acid groups (broad SMARTS) is 1. The van der Waals surface area contributed by atoms with E-state index in [0.717, 1.165) is 0 Å². The van der Waals surface area contributed by atoms with Crippen LogP contribution in [0.5, 0.6) is 0 Å².